The van der Waals surface area contributed by atoms with Crippen molar-refractivity contribution >= 4 is 23.4 Å². The van der Waals surface area contributed by atoms with E-state index in [1.54, 1.807) is 6.92 Å². The molecule has 0 amide bonds. The maximum absolute atomic E-state index is 11.3. The zero-order chi connectivity index (χ0) is 11.3. The molecule has 0 spiro atoms. The van der Waals surface area contributed by atoms with E-state index >= 15 is 0 Å². The molecule has 6 heteroatoms. The summed E-state index contributed by atoms with van der Waals surface area (Å²) in [5.41, 5.74) is 0. The number of carbonyl (C=O) groups is 2. The van der Waals surface area contributed by atoms with E-state index in [2.05, 4.69) is 9.84 Å². The number of hydrogen-bond acceptors (Lipinski definition) is 4. The number of Topliss-reactive ketones (excluding diaryl/α,β-unsaturated/α-hetero) is 1. The number of aromatic nitrogens is 2. The van der Waals surface area contributed by atoms with E-state index in [1.807, 2.05) is 0 Å². The van der Waals surface area contributed by atoms with Crippen LogP contribution in [0.3, 0.4) is 0 Å². The summed E-state index contributed by atoms with van der Waals surface area (Å²) >= 11 is 5.61. The second-order valence-corrected chi connectivity index (χ2v) is 3.31. The third-order valence-electron chi connectivity index (χ3n) is 1.59. The van der Waals surface area contributed by atoms with Gasteiger partial charge in [-0.2, -0.15) is 5.10 Å². The smallest absolute Gasteiger partial charge is 0.313 e. The van der Waals surface area contributed by atoms with E-state index in [0.717, 1.165) is 0 Å². The molecule has 0 aliphatic rings. The van der Waals surface area contributed by atoms with E-state index in [0.29, 0.717) is 5.02 Å². The Kier molecular flexibility index (Phi) is 4.30. The van der Waals surface area contributed by atoms with E-state index < -0.39 is 5.97 Å². The zero-order valence-corrected chi connectivity index (χ0v) is 9.03. The minimum atomic E-state index is -0.513. The minimum absolute atomic E-state index is 0.0333. The van der Waals surface area contributed by atoms with Gasteiger partial charge in [-0.05, 0) is 6.92 Å². The van der Waals surface area contributed by atoms with Crippen molar-refractivity contribution in [2.45, 2.75) is 19.9 Å². The van der Waals surface area contributed by atoms with Gasteiger partial charge < -0.3 is 4.74 Å². The Morgan fingerprint density at radius 3 is 2.87 bits per heavy atom. The SMILES string of the molecule is CCOC(=O)CC(=O)Cn1cc(Cl)cn1. The molecular formula is C9H11ClN2O3. The predicted molar refractivity (Wildman–Crippen MR) is 53.5 cm³/mol. The van der Waals surface area contributed by atoms with Gasteiger partial charge in [-0.1, -0.05) is 11.6 Å². The van der Waals surface area contributed by atoms with Crippen LogP contribution in [0.15, 0.2) is 12.4 Å². The molecule has 1 aromatic heterocycles. The Labute approximate surface area is 92.0 Å². The highest BCUT2D eigenvalue weighted by molar-refractivity contribution is 6.30. The molecule has 0 saturated heterocycles. The van der Waals surface area contributed by atoms with Crippen LogP contribution in [0.5, 0.6) is 0 Å². The Morgan fingerprint density at radius 1 is 1.60 bits per heavy atom. The lowest BCUT2D eigenvalue weighted by Gasteiger charge is -2.01. The van der Waals surface area contributed by atoms with Crippen LogP contribution in [-0.2, 0) is 20.9 Å². The number of halogens is 1. The maximum Gasteiger partial charge on any atom is 0.313 e. The van der Waals surface area contributed by atoms with Crippen molar-refractivity contribution in [3.8, 4) is 0 Å². The molecule has 0 saturated carbocycles. The monoisotopic (exact) mass is 230 g/mol. The van der Waals surface area contributed by atoms with Crippen molar-refractivity contribution in [1.82, 2.24) is 9.78 Å². The summed E-state index contributed by atoms with van der Waals surface area (Å²) in [4.78, 5) is 22.3. The lowest BCUT2D eigenvalue weighted by Crippen LogP contribution is -2.16. The first-order valence-electron chi connectivity index (χ1n) is 4.47. The summed E-state index contributed by atoms with van der Waals surface area (Å²) in [5.74, 6) is -0.769. The number of nitrogens with zero attached hydrogens (tertiary/aromatic N) is 2. The molecule has 0 aliphatic carbocycles. The van der Waals surface area contributed by atoms with E-state index in [-0.39, 0.29) is 25.4 Å². The number of hydrogen-bond donors (Lipinski definition) is 0. The molecule has 0 aromatic carbocycles. The van der Waals surface area contributed by atoms with Crippen LogP contribution < -0.4 is 0 Å². The number of esters is 1. The summed E-state index contributed by atoms with van der Waals surface area (Å²) in [6.07, 6.45) is 2.72. The lowest BCUT2D eigenvalue weighted by molar-refractivity contribution is -0.145. The van der Waals surface area contributed by atoms with Gasteiger partial charge in [-0.25, -0.2) is 0 Å². The number of carbonyl (C=O) groups excluding carboxylic acids is 2. The fourth-order valence-electron chi connectivity index (χ4n) is 1.03. The van der Waals surface area contributed by atoms with Gasteiger partial charge in [0.25, 0.3) is 0 Å². The summed E-state index contributed by atoms with van der Waals surface area (Å²) in [7, 11) is 0. The van der Waals surface area contributed by atoms with Gasteiger partial charge in [0.1, 0.15) is 13.0 Å². The van der Waals surface area contributed by atoms with Crippen molar-refractivity contribution in [3.63, 3.8) is 0 Å². The van der Waals surface area contributed by atoms with Gasteiger partial charge in [0.15, 0.2) is 5.78 Å². The van der Waals surface area contributed by atoms with Crippen LogP contribution >= 0.6 is 11.6 Å². The summed E-state index contributed by atoms with van der Waals surface area (Å²) in [6, 6.07) is 0. The van der Waals surface area contributed by atoms with Crippen LogP contribution in [0.4, 0.5) is 0 Å². The van der Waals surface area contributed by atoms with Gasteiger partial charge in [0.05, 0.1) is 17.8 Å². The first kappa shape index (κ1) is 11.7. The number of rotatable bonds is 5. The lowest BCUT2D eigenvalue weighted by atomic mass is 10.3. The third kappa shape index (κ3) is 4.12. The van der Waals surface area contributed by atoms with Crippen LogP contribution in [0.25, 0.3) is 0 Å². The molecule has 0 unspecified atom stereocenters. The molecule has 0 bridgehead atoms. The number of ether oxygens (including phenoxy) is 1. The first-order chi connectivity index (χ1) is 7.11. The molecule has 0 atom stereocenters. The molecule has 5 nitrogen and oxygen atoms in total. The summed E-state index contributed by atoms with van der Waals surface area (Å²) < 4.78 is 6.02. The molecular weight excluding hydrogens is 220 g/mol. The van der Waals surface area contributed by atoms with Gasteiger partial charge in [0.2, 0.25) is 0 Å². The Hall–Kier alpha value is -1.36. The van der Waals surface area contributed by atoms with Crippen LogP contribution in [0, 0.1) is 0 Å². The predicted octanol–water partition coefficient (Wildman–Crippen LogP) is 1.06. The molecule has 0 radical (unpaired) electrons. The highest BCUT2D eigenvalue weighted by atomic mass is 35.5. The topological polar surface area (TPSA) is 61.2 Å². The van der Waals surface area contributed by atoms with Crippen molar-refractivity contribution in [2.24, 2.45) is 0 Å². The molecule has 1 heterocycles. The van der Waals surface area contributed by atoms with Crippen LogP contribution in [0.2, 0.25) is 5.02 Å². The molecule has 82 valence electrons. The molecule has 15 heavy (non-hydrogen) atoms. The standard InChI is InChI=1S/C9H11ClN2O3/c1-2-15-9(14)3-8(13)6-12-5-7(10)4-11-12/h4-5H,2-3,6H2,1H3. The highest BCUT2D eigenvalue weighted by Crippen LogP contribution is 2.04. The Bertz CT molecular complexity index is 362. The summed E-state index contributed by atoms with van der Waals surface area (Å²) in [5, 5.41) is 4.28. The van der Waals surface area contributed by atoms with Crippen molar-refractivity contribution in [3.05, 3.63) is 17.4 Å². The molecule has 0 fully saturated rings. The highest BCUT2D eigenvalue weighted by Gasteiger charge is 2.11. The second kappa shape index (κ2) is 5.50. The van der Waals surface area contributed by atoms with Crippen LogP contribution in [-0.4, -0.2) is 28.1 Å². The summed E-state index contributed by atoms with van der Waals surface area (Å²) in [6.45, 7) is 2.00. The molecule has 0 N–H and O–H groups in total. The average molecular weight is 231 g/mol. The second-order valence-electron chi connectivity index (χ2n) is 2.88. The zero-order valence-electron chi connectivity index (χ0n) is 8.27. The average Bonchev–Trinajstić information content (AvgIpc) is 2.51. The maximum atomic E-state index is 11.3. The van der Waals surface area contributed by atoms with E-state index in [9.17, 15) is 9.59 Å². The van der Waals surface area contributed by atoms with E-state index in [4.69, 9.17) is 11.6 Å². The van der Waals surface area contributed by atoms with Crippen molar-refractivity contribution < 1.29 is 14.3 Å². The van der Waals surface area contributed by atoms with Gasteiger partial charge in [0, 0.05) is 6.20 Å². The van der Waals surface area contributed by atoms with Crippen LogP contribution in [0.1, 0.15) is 13.3 Å². The quantitative estimate of drug-likeness (QED) is 0.561. The van der Waals surface area contributed by atoms with Crippen molar-refractivity contribution in [1.29, 1.82) is 0 Å². The van der Waals surface area contributed by atoms with Gasteiger partial charge in [-0.3, -0.25) is 14.3 Å². The Morgan fingerprint density at radius 2 is 2.33 bits per heavy atom. The number of ketones is 1. The first-order valence-corrected chi connectivity index (χ1v) is 4.85. The molecule has 1 aromatic rings. The minimum Gasteiger partial charge on any atom is -0.466 e. The fourth-order valence-corrected chi connectivity index (χ4v) is 1.19. The normalized spacial score (nSPS) is 10.0. The molecule has 0 aliphatic heterocycles. The Balaban J connectivity index is 2.39. The van der Waals surface area contributed by atoms with Crippen molar-refractivity contribution in [2.75, 3.05) is 6.61 Å². The van der Waals surface area contributed by atoms with Gasteiger partial charge >= 0.3 is 5.97 Å². The largest absolute Gasteiger partial charge is 0.466 e. The fraction of sp³-hybridized carbons (Fsp3) is 0.444. The van der Waals surface area contributed by atoms with Gasteiger partial charge in [-0.15, -0.1) is 0 Å². The van der Waals surface area contributed by atoms with E-state index in [1.165, 1.54) is 17.1 Å². The third-order valence-corrected chi connectivity index (χ3v) is 1.78. The molecule has 1 rings (SSSR count).